The predicted molar refractivity (Wildman–Crippen MR) is 107 cm³/mol. The lowest BCUT2D eigenvalue weighted by atomic mass is 10.0. The van der Waals surface area contributed by atoms with Crippen molar-refractivity contribution in [3.05, 3.63) is 46.1 Å². The van der Waals surface area contributed by atoms with Gasteiger partial charge < -0.3 is 15.8 Å². The van der Waals surface area contributed by atoms with E-state index in [-0.39, 0.29) is 17.4 Å². The zero-order valence-electron chi connectivity index (χ0n) is 15.2. The van der Waals surface area contributed by atoms with E-state index < -0.39 is 5.97 Å². The van der Waals surface area contributed by atoms with Gasteiger partial charge in [-0.25, -0.2) is 9.78 Å². The van der Waals surface area contributed by atoms with Crippen LogP contribution in [0.3, 0.4) is 0 Å². The topological polar surface area (TPSA) is 138 Å². The molecule has 0 atom stereocenters. The van der Waals surface area contributed by atoms with Crippen LogP contribution in [-0.2, 0) is 6.42 Å². The molecule has 0 bridgehead atoms. The molecule has 2 heterocycles. The number of hydrogen-bond donors (Lipinski definition) is 4. The Morgan fingerprint density at radius 2 is 2.11 bits per heavy atom. The van der Waals surface area contributed by atoms with Gasteiger partial charge in [-0.1, -0.05) is 6.92 Å². The van der Waals surface area contributed by atoms with Gasteiger partial charge in [-0.05, 0) is 43.1 Å². The van der Waals surface area contributed by atoms with Gasteiger partial charge in [-0.2, -0.15) is 0 Å². The fourth-order valence-corrected chi connectivity index (χ4v) is 3.63. The van der Waals surface area contributed by atoms with Gasteiger partial charge >= 0.3 is 5.97 Å². The summed E-state index contributed by atoms with van der Waals surface area (Å²) in [6.07, 6.45) is 1.48. The summed E-state index contributed by atoms with van der Waals surface area (Å²) in [5, 5.41) is 14.7. The Balaban J connectivity index is 1.90. The van der Waals surface area contributed by atoms with E-state index in [9.17, 15) is 19.5 Å². The first kappa shape index (κ1) is 19.7. The smallest absolute Gasteiger partial charge is 0.352 e. The highest BCUT2D eigenvalue weighted by Gasteiger charge is 2.19. The summed E-state index contributed by atoms with van der Waals surface area (Å²) in [5.41, 5.74) is 7.66. The van der Waals surface area contributed by atoms with Crippen LogP contribution in [0.15, 0.2) is 23.6 Å². The summed E-state index contributed by atoms with van der Waals surface area (Å²) < 4.78 is 0. The van der Waals surface area contributed by atoms with Crippen molar-refractivity contribution in [2.45, 2.75) is 26.2 Å². The maximum Gasteiger partial charge on any atom is 0.352 e. The van der Waals surface area contributed by atoms with Crippen LogP contribution in [-0.4, -0.2) is 39.3 Å². The molecule has 8 nitrogen and oxygen atoms in total. The van der Waals surface area contributed by atoms with Gasteiger partial charge in [0, 0.05) is 28.3 Å². The molecule has 0 aliphatic rings. The lowest BCUT2D eigenvalue weighted by Gasteiger charge is -2.04. The van der Waals surface area contributed by atoms with Crippen LogP contribution >= 0.6 is 11.3 Å². The molecular weight excluding hydrogens is 380 g/mol. The Morgan fingerprint density at radius 1 is 1.32 bits per heavy atom. The molecule has 0 fully saturated rings. The number of aryl methyl sites for hydroxylation is 1. The Labute approximate surface area is 164 Å². The first-order valence-electron chi connectivity index (χ1n) is 8.82. The zero-order valence-corrected chi connectivity index (χ0v) is 16.1. The molecular formula is C19H20N4O4S. The quantitative estimate of drug-likeness (QED) is 0.429. The summed E-state index contributed by atoms with van der Waals surface area (Å²) in [6, 6.07) is 4.94. The number of benzene rings is 1. The number of ketones is 1. The number of aromatic carboxylic acids is 1. The van der Waals surface area contributed by atoms with Crippen LogP contribution in [0, 0.1) is 0 Å². The average Bonchev–Trinajstić information content (AvgIpc) is 3.29. The Kier molecular flexibility index (Phi) is 5.86. The lowest BCUT2D eigenvalue weighted by Crippen LogP contribution is -2.12. The van der Waals surface area contributed by atoms with Crippen molar-refractivity contribution in [2.75, 3.05) is 11.9 Å². The second kappa shape index (κ2) is 8.32. The second-order valence-corrected chi connectivity index (χ2v) is 7.06. The Morgan fingerprint density at radius 3 is 2.79 bits per heavy atom. The van der Waals surface area contributed by atoms with Crippen LogP contribution in [0.1, 0.15) is 56.7 Å². The van der Waals surface area contributed by atoms with Gasteiger partial charge in [-0.15, -0.1) is 11.3 Å². The Hall–Kier alpha value is -3.04. The van der Waals surface area contributed by atoms with E-state index in [1.54, 1.807) is 30.5 Å². The number of thiazole rings is 1. The van der Waals surface area contributed by atoms with Gasteiger partial charge in [0.1, 0.15) is 11.4 Å². The van der Waals surface area contributed by atoms with E-state index in [0.29, 0.717) is 58.7 Å². The minimum Gasteiger partial charge on any atom is -0.477 e. The molecule has 3 aromatic rings. The van der Waals surface area contributed by atoms with Gasteiger partial charge in [0.25, 0.3) is 5.91 Å². The molecule has 9 heteroatoms. The van der Waals surface area contributed by atoms with Crippen molar-refractivity contribution < 1.29 is 19.5 Å². The summed E-state index contributed by atoms with van der Waals surface area (Å²) in [7, 11) is 0. The molecule has 3 rings (SSSR count). The highest BCUT2D eigenvalue weighted by Crippen LogP contribution is 2.26. The second-order valence-electron chi connectivity index (χ2n) is 6.21. The fourth-order valence-electron chi connectivity index (χ4n) is 2.92. The first-order chi connectivity index (χ1) is 13.4. The highest BCUT2D eigenvalue weighted by atomic mass is 32.1. The van der Waals surface area contributed by atoms with Crippen molar-refractivity contribution in [1.29, 1.82) is 0 Å². The van der Waals surface area contributed by atoms with Crippen molar-refractivity contribution in [3.8, 4) is 0 Å². The van der Waals surface area contributed by atoms with E-state index in [4.69, 9.17) is 5.73 Å². The van der Waals surface area contributed by atoms with Crippen LogP contribution in [0.2, 0.25) is 0 Å². The highest BCUT2D eigenvalue weighted by molar-refractivity contribution is 7.14. The van der Waals surface area contributed by atoms with Gasteiger partial charge in [0.15, 0.2) is 10.9 Å². The van der Waals surface area contributed by atoms with Gasteiger partial charge in [-0.3, -0.25) is 14.9 Å². The van der Waals surface area contributed by atoms with Gasteiger partial charge in [0.2, 0.25) is 0 Å². The third-order valence-corrected chi connectivity index (χ3v) is 5.10. The SMILES string of the molecule is CCC(=O)c1csc(NC(=O)c2ccc3[nH]c(C(=O)O)c(CCCN)c3c2)n1. The molecule has 0 saturated carbocycles. The van der Waals surface area contributed by atoms with Crippen molar-refractivity contribution in [2.24, 2.45) is 5.73 Å². The van der Waals surface area contributed by atoms with Crippen LogP contribution in [0.25, 0.3) is 10.9 Å². The molecule has 0 spiro atoms. The number of carbonyl (C=O) groups is 3. The fraction of sp³-hybridized carbons (Fsp3) is 0.263. The molecule has 146 valence electrons. The average molecular weight is 400 g/mol. The number of Topliss-reactive ketones (excluding diaryl/α,β-unsaturated/α-hetero) is 1. The summed E-state index contributed by atoms with van der Waals surface area (Å²) in [6.45, 7) is 2.19. The van der Waals surface area contributed by atoms with Crippen molar-refractivity contribution in [3.63, 3.8) is 0 Å². The van der Waals surface area contributed by atoms with E-state index in [1.165, 1.54) is 11.3 Å². The van der Waals surface area contributed by atoms with Crippen molar-refractivity contribution in [1.82, 2.24) is 9.97 Å². The van der Waals surface area contributed by atoms with E-state index in [1.807, 2.05) is 0 Å². The molecule has 0 aliphatic heterocycles. The molecule has 2 aromatic heterocycles. The van der Waals surface area contributed by atoms with E-state index in [0.717, 1.165) is 0 Å². The minimum absolute atomic E-state index is 0.0868. The Bertz CT molecular complexity index is 1050. The number of fused-ring (bicyclic) bond motifs is 1. The molecule has 0 aliphatic carbocycles. The number of nitrogens with one attached hydrogen (secondary N) is 2. The number of carboxylic acids is 1. The molecule has 0 unspecified atom stereocenters. The minimum atomic E-state index is -1.05. The van der Waals surface area contributed by atoms with Crippen LogP contribution in [0.4, 0.5) is 5.13 Å². The molecule has 0 saturated heterocycles. The maximum atomic E-state index is 12.6. The largest absolute Gasteiger partial charge is 0.477 e. The number of rotatable bonds is 8. The molecule has 5 N–H and O–H groups in total. The number of carbonyl (C=O) groups excluding carboxylic acids is 2. The lowest BCUT2D eigenvalue weighted by molar-refractivity contribution is 0.0690. The van der Waals surface area contributed by atoms with E-state index in [2.05, 4.69) is 15.3 Å². The standard InChI is InChI=1S/C19H20N4O4S/c1-2-15(24)14-9-28-19(22-14)23-17(25)10-5-6-13-12(8-10)11(4-3-7-20)16(21-13)18(26)27/h5-6,8-9,21H,2-4,7,20H2,1H3,(H,26,27)(H,22,23,25). The number of amides is 1. The maximum absolute atomic E-state index is 12.6. The number of aromatic nitrogens is 2. The number of nitrogens with zero attached hydrogens (tertiary/aromatic N) is 1. The van der Waals surface area contributed by atoms with Gasteiger partial charge in [0.05, 0.1) is 0 Å². The normalized spacial score (nSPS) is 10.9. The number of nitrogens with two attached hydrogens (primary N) is 1. The number of anilines is 1. The number of hydrogen-bond acceptors (Lipinski definition) is 6. The molecule has 0 radical (unpaired) electrons. The summed E-state index contributed by atoms with van der Waals surface area (Å²) in [5.74, 6) is -1.52. The molecule has 1 amide bonds. The third kappa shape index (κ3) is 3.95. The monoisotopic (exact) mass is 400 g/mol. The number of carboxylic acid groups (broad SMARTS) is 1. The summed E-state index contributed by atoms with van der Waals surface area (Å²) in [4.78, 5) is 42.8. The van der Waals surface area contributed by atoms with E-state index >= 15 is 0 Å². The molecule has 1 aromatic carbocycles. The predicted octanol–water partition coefficient (Wildman–Crippen LogP) is 3.06. The summed E-state index contributed by atoms with van der Waals surface area (Å²) >= 11 is 1.18. The molecule has 28 heavy (non-hydrogen) atoms. The van der Waals surface area contributed by atoms with Crippen LogP contribution < -0.4 is 11.1 Å². The first-order valence-corrected chi connectivity index (χ1v) is 9.70. The zero-order chi connectivity index (χ0) is 20.3. The van der Waals surface area contributed by atoms with Crippen molar-refractivity contribution >= 4 is 45.0 Å². The van der Waals surface area contributed by atoms with Crippen LogP contribution in [0.5, 0.6) is 0 Å². The third-order valence-electron chi connectivity index (χ3n) is 4.34. The number of H-pyrrole nitrogens is 1. The number of aromatic amines is 1.